The number of halogens is 1. The zero-order valence-electron chi connectivity index (χ0n) is 18.8. The van der Waals surface area contributed by atoms with Crippen molar-refractivity contribution in [1.29, 1.82) is 0 Å². The van der Waals surface area contributed by atoms with Crippen molar-refractivity contribution in [3.05, 3.63) is 59.9 Å². The molecule has 0 spiro atoms. The van der Waals surface area contributed by atoms with Crippen LogP contribution in [0.15, 0.2) is 43.0 Å². The zero-order chi connectivity index (χ0) is 21.9. The predicted molar refractivity (Wildman–Crippen MR) is 130 cm³/mol. The van der Waals surface area contributed by atoms with E-state index in [-0.39, 0.29) is 24.6 Å². The minimum Gasteiger partial charge on any atom is -0.393 e. The van der Waals surface area contributed by atoms with Gasteiger partial charge in [-0.1, -0.05) is 6.07 Å². The van der Waals surface area contributed by atoms with Crippen LogP contribution in [0.4, 0.5) is 11.6 Å². The summed E-state index contributed by atoms with van der Waals surface area (Å²) in [6, 6.07) is 6.16. The average molecular weight is 471 g/mol. The van der Waals surface area contributed by atoms with Crippen LogP contribution in [0.1, 0.15) is 35.8 Å². The maximum absolute atomic E-state index is 9.87. The molecule has 2 N–H and O–H groups in total. The molecule has 10 heteroatoms. The first-order valence-corrected chi connectivity index (χ1v) is 11.3. The van der Waals surface area contributed by atoms with Gasteiger partial charge in [-0.2, -0.15) is 5.10 Å². The molecule has 0 amide bonds. The normalized spacial score (nSPS) is 18.7. The Morgan fingerprint density at radius 2 is 1.58 bits per heavy atom. The Balaban J connectivity index is 0.00000259. The average Bonchev–Trinajstić information content (AvgIpc) is 3.26. The monoisotopic (exact) mass is 470 g/mol. The Bertz CT molecular complexity index is 1020. The van der Waals surface area contributed by atoms with Gasteiger partial charge in [-0.25, -0.2) is 9.97 Å². The Morgan fingerprint density at radius 1 is 0.909 bits per heavy atom. The molecule has 3 aromatic heterocycles. The maximum atomic E-state index is 9.87. The van der Waals surface area contributed by atoms with E-state index in [1.807, 2.05) is 24.5 Å². The lowest BCUT2D eigenvalue weighted by Gasteiger charge is -2.40. The zero-order valence-corrected chi connectivity index (χ0v) is 19.7. The van der Waals surface area contributed by atoms with Crippen LogP contribution < -0.4 is 9.80 Å². The molecule has 5 heterocycles. The number of nitrogens with one attached hydrogen (secondary N) is 1. The summed E-state index contributed by atoms with van der Waals surface area (Å²) in [5, 5.41) is 17.2. The number of piperazine rings is 1. The van der Waals surface area contributed by atoms with Crippen molar-refractivity contribution in [2.75, 3.05) is 49.1 Å². The minimum absolute atomic E-state index is 0. The summed E-state index contributed by atoms with van der Waals surface area (Å²) in [7, 11) is 0. The van der Waals surface area contributed by atoms with Crippen LogP contribution in [0.3, 0.4) is 0 Å². The van der Waals surface area contributed by atoms with Gasteiger partial charge in [0.2, 0.25) is 0 Å². The summed E-state index contributed by atoms with van der Waals surface area (Å²) in [5.74, 6) is 1.87. The van der Waals surface area contributed by atoms with Crippen molar-refractivity contribution in [1.82, 2.24) is 30.0 Å². The van der Waals surface area contributed by atoms with E-state index in [9.17, 15) is 5.11 Å². The number of hydrogen-bond donors (Lipinski definition) is 2. The highest BCUT2D eigenvalue weighted by Gasteiger charge is 2.31. The number of aryl methyl sites for hydroxylation is 1. The molecule has 9 nitrogen and oxygen atoms in total. The minimum atomic E-state index is -0.204. The highest BCUT2D eigenvalue weighted by atomic mass is 35.5. The van der Waals surface area contributed by atoms with Crippen LogP contribution in [0.2, 0.25) is 0 Å². The lowest BCUT2D eigenvalue weighted by Crippen LogP contribution is -2.49. The maximum Gasteiger partial charge on any atom is 0.172 e. The van der Waals surface area contributed by atoms with Gasteiger partial charge in [-0.3, -0.25) is 15.0 Å². The Morgan fingerprint density at radius 3 is 2.15 bits per heavy atom. The Labute approximate surface area is 200 Å². The number of aromatic amines is 1. The Hall–Kier alpha value is -2.75. The van der Waals surface area contributed by atoms with Gasteiger partial charge in [0.05, 0.1) is 24.0 Å². The number of nitrogens with zero attached hydrogens (tertiary/aromatic N) is 7. The molecule has 33 heavy (non-hydrogen) atoms. The van der Waals surface area contributed by atoms with Gasteiger partial charge in [0.15, 0.2) is 11.6 Å². The Kier molecular flexibility index (Phi) is 7.42. The van der Waals surface area contributed by atoms with E-state index in [0.29, 0.717) is 0 Å². The molecule has 0 saturated carbocycles. The van der Waals surface area contributed by atoms with Crippen molar-refractivity contribution in [3.8, 4) is 0 Å². The molecule has 176 valence electrons. The van der Waals surface area contributed by atoms with Crippen molar-refractivity contribution >= 4 is 24.0 Å². The summed E-state index contributed by atoms with van der Waals surface area (Å²) in [5.41, 5.74) is 3.29. The third kappa shape index (κ3) is 4.95. The smallest absolute Gasteiger partial charge is 0.172 e. The van der Waals surface area contributed by atoms with E-state index in [0.717, 1.165) is 75.1 Å². The molecular formula is C23H31ClN8O. The third-order valence-electron chi connectivity index (χ3n) is 6.53. The summed E-state index contributed by atoms with van der Waals surface area (Å²) < 4.78 is 0. The number of rotatable bonds is 5. The van der Waals surface area contributed by atoms with Crippen LogP contribution in [0.25, 0.3) is 0 Å². The molecule has 3 aromatic rings. The van der Waals surface area contributed by atoms with Gasteiger partial charge in [0.1, 0.15) is 0 Å². The van der Waals surface area contributed by atoms with Gasteiger partial charge in [-0.15, -0.1) is 12.4 Å². The van der Waals surface area contributed by atoms with Gasteiger partial charge in [-0.05, 0) is 31.9 Å². The first kappa shape index (κ1) is 23.4. The molecule has 2 fully saturated rings. The van der Waals surface area contributed by atoms with Gasteiger partial charge in [0, 0.05) is 69.1 Å². The largest absolute Gasteiger partial charge is 0.393 e. The molecule has 2 saturated heterocycles. The van der Waals surface area contributed by atoms with Crippen LogP contribution in [0.5, 0.6) is 0 Å². The summed E-state index contributed by atoms with van der Waals surface area (Å²) in [4.78, 5) is 21.1. The fourth-order valence-electron chi connectivity index (χ4n) is 4.76. The van der Waals surface area contributed by atoms with E-state index in [1.54, 1.807) is 12.4 Å². The van der Waals surface area contributed by atoms with Crippen LogP contribution in [-0.2, 0) is 0 Å². The molecular weight excluding hydrogens is 440 g/mol. The lowest BCUT2D eigenvalue weighted by atomic mass is 10.0. The van der Waals surface area contributed by atoms with E-state index >= 15 is 0 Å². The first-order chi connectivity index (χ1) is 15.7. The van der Waals surface area contributed by atoms with E-state index in [4.69, 9.17) is 4.98 Å². The van der Waals surface area contributed by atoms with Crippen molar-refractivity contribution < 1.29 is 5.11 Å². The molecule has 2 aliphatic rings. The van der Waals surface area contributed by atoms with Crippen LogP contribution >= 0.6 is 12.4 Å². The molecule has 5 rings (SSSR count). The van der Waals surface area contributed by atoms with Crippen molar-refractivity contribution in [2.45, 2.75) is 31.9 Å². The summed E-state index contributed by atoms with van der Waals surface area (Å²) in [6.45, 7) is 7.20. The van der Waals surface area contributed by atoms with E-state index in [2.05, 4.69) is 47.9 Å². The third-order valence-corrected chi connectivity index (χ3v) is 6.53. The number of piperidine rings is 1. The number of aliphatic hydroxyl groups is 1. The lowest BCUT2D eigenvalue weighted by molar-refractivity contribution is 0.145. The second-order valence-electron chi connectivity index (χ2n) is 8.55. The topological polar surface area (TPSA) is 97.3 Å². The van der Waals surface area contributed by atoms with Gasteiger partial charge >= 0.3 is 0 Å². The number of pyridine rings is 1. The molecule has 2 aliphatic heterocycles. The summed E-state index contributed by atoms with van der Waals surface area (Å²) in [6.07, 6.45) is 8.67. The van der Waals surface area contributed by atoms with Crippen LogP contribution in [-0.4, -0.2) is 80.5 Å². The number of anilines is 2. The summed E-state index contributed by atoms with van der Waals surface area (Å²) >= 11 is 0. The van der Waals surface area contributed by atoms with Gasteiger partial charge in [0.25, 0.3) is 0 Å². The SMILES string of the molecule is Cc1[nH]ncc1C(c1ccccn1)N1CCN(c2nccnc2N2CCC(O)CC2)CC1.Cl. The van der Waals surface area contributed by atoms with Crippen molar-refractivity contribution in [2.24, 2.45) is 0 Å². The highest BCUT2D eigenvalue weighted by molar-refractivity contribution is 5.85. The fourth-order valence-corrected chi connectivity index (χ4v) is 4.76. The molecule has 0 radical (unpaired) electrons. The highest BCUT2D eigenvalue weighted by Crippen LogP contribution is 2.32. The fraction of sp³-hybridized carbons (Fsp3) is 0.478. The van der Waals surface area contributed by atoms with E-state index < -0.39 is 0 Å². The first-order valence-electron chi connectivity index (χ1n) is 11.3. The standard InChI is InChI=1S/C23H30N8O.ClH/c1-17-19(16-27-28-17)21(20-4-2-3-7-24-20)29-12-14-31(15-13-29)23-22(25-8-9-26-23)30-10-5-18(32)6-11-30;/h2-4,7-9,16,18,21,32H,5-6,10-15H2,1H3,(H,27,28);1H. The molecule has 1 atom stereocenters. The number of hydrogen-bond acceptors (Lipinski definition) is 8. The number of aliphatic hydroxyl groups excluding tert-OH is 1. The van der Waals surface area contributed by atoms with E-state index in [1.165, 1.54) is 5.56 Å². The molecule has 0 bridgehead atoms. The van der Waals surface area contributed by atoms with Crippen molar-refractivity contribution in [3.63, 3.8) is 0 Å². The second-order valence-corrected chi connectivity index (χ2v) is 8.55. The second kappa shape index (κ2) is 10.5. The quantitative estimate of drug-likeness (QED) is 0.585. The number of aromatic nitrogens is 5. The van der Waals surface area contributed by atoms with Gasteiger partial charge < -0.3 is 14.9 Å². The van der Waals surface area contributed by atoms with Crippen LogP contribution in [0, 0.1) is 6.92 Å². The number of H-pyrrole nitrogens is 1. The predicted octanol–water partition coefficient (Wildman–Crippen LogP) is 2.20. The molecule has 1 unspecified atom stereocenters. The molecule has 0 aromatic carbocycles. The molecule has 0 aliphatic carbocycles.